The summed E-state index contributed by atoms with van der Waals surface area (Å²) in [6.45, 7) is 7.07. The van der Waals surface area contributed by atoms with Crippen molar-refractivity contribution in [1.29, 1.82) is 0 Å². The minimum atomic E-state index is -4.95. The lowest BCUT2D eigenvalue weighted by Crippen LogP contribution is -2.30. The van der Waals surface area contributed by atoms with Crippen LogP contribution in [0.25, 0.3) is 0 Å². The van der Waals surface area contributed by atoms with Gasteiger partial charge in [-0.25, -0.2) is 9.13 Å². The summed E-state index contributed by atoms with van der Waals surface area (Å²) in [7, 11) is -9.90. The molecule has 19 heteroatoms. The van der Waals surface area contributed by atoms with E-state index in [9.17, 15) is 43.2 Å². The van der Waals surface area contributed by atoms with Crippen LogP contribution in [-0.2, 0) is 65.4 Å². The number of carbonyl (C=O) groups is 4. The fourth-order valence-electron chi connectivity index (χ4n) is 9.57. The molecule has 5 atom stereocenters. The van der Waals surface area contributed by atoms with Gasteiger partial charge >= 0.3 is 39.5 Å². The van der Waals surface area contributed by atoms with E-state index in [2.05, 4.69) is 58.9 Å². The molecule has 0 heterocycles. The number of unbranched alkanes of at least 4 members (excludes halogenated alkanes) is 34. The van der Waals surface area contributed by atoms with Crippen molar-refractivity contribution in [2.24, 2.45) is 5.92 Å². The van der Waals surface area contributed by atoms with E-state index in [4.69, 9.17) is 37.0 Å². The molecule has 506 valence electrons. The number of hydrogen-bond acceptors (Lipinski definition) is 15. The average Bonchev–Trinajstić information content (AvgIpc) is 3.70. The molecule has 0 aromatic rings. The normalized spacial score (nSPS) is 14.3. The summed E-state index contributed by atoms with van der Waals surface area (Å²) >= 11 is 0. The number of aliphatic hydroxyl groups excluding tert-OH is 1. The summed E-state index contributed by atoms with van der Waals surface area (Å²) in [5.41, 5.74) is 0. The predicted molar refractivity (Wildman–Crippen MR) is 344 cm³/mol. The van der Waals surface area contributed by atoms with Gasteiger partial charge in [0.05, 0.1) is 26.4 Å². The van der Waals surface area contributed by atoms with Gasteiger partial charge in [0, 0.05) is 25.7 Å². The molecule has 0 aromatic carbocycles. The molecule has 0 saturated carbocycles. The van der Waals surface area contributed by atoms with Gasteiger partial charge in [0.1, 0.15) is 19.3 Å². The molecule has 86 heavy (non-hydrogen) atoms. The number of hydrogen-bond donors (Lipinski definition) is 3. The first-order chi connectivity index (χ1) is 41.5. The van der Waals surface area contributed by atoms with E-state index in [1.54, 1.807) is 0 Å². The largest absolute Gasteiger partial charge is 0.472 e. The number of phosphoric ester groups is 2. The topological polar surface area (TPSA) is 237 Å². The maximum Gasteiger partial charge on any atom is 0.472 e. The molecule has 0 saturated heterocycles. The number of phosphoric acid groups is 2. The highest BCUT2D eigenvalue weighted by Gasteiger charge is 2.30. The molecular weight excluding hydrogens is 1140 g/mol. The summed E-state index contributed by atoms with van der Waals surface area (Å²) in [6.07, 6.45) is 48.3. The highest BCUT2D eigenvalue weighted by molar-refractivity contribution is 7.47. The third-order valence-electron chi connectivity index (χ3n) is 14.9. The zero-order chi connectivity index (χ0) is 63.5. The molecule has 0 rings (SSSR count). The molecule has 2 unspecified atom stereocenters. The lowest BCUT2D eigenvalue weighted by Gasteiger charge is -2.21. The van der Waals surface area contributed by atoms with Crippen molar-refractivity contribution in [3.05, 3.63) is 24.3 Å². The number of rotatable bonds is 65. The van der Waals surface area contributed by atoms with Gasteiger partial charge in [-0.05, 0) is 57.3 Å². The number of aliphatic hydroxyl groups is 1. The van der Waals surface area contributed by atoms with Crippen molar-refractivity contribution in [2.45, 2.75) is 335 Å². The van der Waals surface area contributed by atoms with Gasteiger partial charge < -0.3 is 33.8 Å². The van der Waals surface area contributed by atoms with E-state index in [0.717, 1.165) is 115 Å². The third-order valence-corrected chi connectivity index (χ3v) is 16.8. The van der Waals surface area contributed by atoms with Crippen LogP contribution >= 0.6 is 15.6 Å². The average molecular weight is 1270 g/mol. The van der Waals surface area contributed by atoms with Gasteiger partial charge in [-0.1, -0.05) is 264 Å². The summed E-state index contributed by atoms with van der Waals surface area (Å²) in [6, 6.07) is 0. The lowest BCUT2D eigenvalue weighted by molar-refractivity contribution is -0.161. The second-order valence-electron chi connectivity index (χ2n) is 24.0. The third kappa shape index (κ3) is 60.5. The highest BCUT2D eigenvalue weighted by Crippen LogP contribution is 2.45. The first kappa shape index (κ1) is 83.5. The van der Waals surface area contributed by atoms with Crippen molar-refractivity contribution >= 4 is 39.5 Å². The van der Waals surface area contributed by atoms with E-state index < -0.39 is 97.5 Å². The van der Waals surface area contributed by atoms with Gasteiger partial charge in [0.15, 0.2) is 12.2 Å². The first-order valence-electron chi connectivity index (χ1n) is 34.5. The second kappa shape index (κ2) is 60.1. The van der Waals surface area contributed by atoms with Crippen LogP contribution in [-0.4, -0.2) is 96.7 Å². The standard InChI is InChI=1S/C67H126O17P2/c1-6-9-12-15-17-19-21-23-24-25-29-34-38-43-48-53-67(72)84-63(57-78-65(70)51-46-41-36-32-30-26-27-31-35-40-44-49-60(4)5)59-82-86(75,76)80-55-61(68)54-79-85(73,74)81-58-62(56-77-64(69)50-45-39-14-11-8-3)83-66(71)52-47-42-37-33-28-22-20-18-16-13-10-7-2/h19,21,23-24,60-63,68H,6-18,20,22,25-59H2,1-5H3,(H,73,74)(H,75,76)/b21-19-,24-23-/t61-,62+,63+/m0/s1. The zero-order valence-corrected chi connectivity index (χ0v) is 56.7. The SMILES string of the molecule is CCCCCC/C=C\C=C/CCCCCCCC(=O)O[C@H](COC(=O)CCCCCCCCCCCCCC(C)C)COP(=O)(O)OC[C@@H](O)COP(=O)(O)OC[C@@H](COC(=O)CCCCCCC)OC(=O)CCCCCCCCCCCCCC. The molecule has 0 aliphatic rings. The molecule has 0 aliphatic heterocycles. The van der Waals surface area contributed by atoms with Crippen molar-refractivity contribution in [3.63, 3.8) is 0 Å². The monoisotopic (exact) mass is 1260 g/mol. The minimum absolute atomic E-state index is 0.0849. The Bertz CT molecular complexity index is 1760. The molecule has 0 radical (unpaired) electrons. The maximum absolute atomic E-state index is 13.0. The van der Waals surface area contributed by atoms with Crippen molar-refractivity contribution in [1.82, 2.24) is 0 Å². The number of ether oxygens (including phenoxy) is 4. The summed E-state index contributed by atoms with van der Waals surface area (Å²) < 4.78 is 67.9. The van der Waals surface area contributed by atoms with E-state index >= 15 is 0 Å². The van der Waals surface area contributed by atoms with Crippen LogP contribution in [0.4, 0.5) is 0 Å². The first-order valence-corrected chi connectivity index (χ1v) is 37.4. The Morgan fingerprint density at radius 3 is 0.953 bits per heavy atom. The van der Waals surface area contributed by atoms with Gasteiger partial charge in [-0.15, -0.1) is 0 Å². The van der Waals surface area contributed by atoms with Crippen LogP contribution in [0, 0.1) is 5.92 Å². The molecule has 3 N–H and O–H groups in total. The second-order valence-corrected chi connectivity index (χ2v) is 26.9. The Balaban J connectivity index is 5.21. The molecular formula is C67H126O17P2. The Hall–Kier alpha value is -2.46. The van der Waals surface area contributed by atoms with Gasteiger partial charge in [-0.2, -0.15) is 0 Å². The number of allylic oxidation sites excluding steroid dienone is 4. The predicted octanol–water partition coefficient (Wildman–Crippen LogP) is 18.5. The Morgan fingerprint density at radius 2 is 0.628 bits per heavy atom. The quantitative estimate of drug-likeness (QED) is 0.0169. The molecule has 0 aliphatic carbocycles. The maximum atomic E-state index is 13.0. The fraction of sp³-hybridized carbons (Fsp3) is 0.881. The van der Waals surface area contributed by atoms with E-state index in [1.807, 2.05) is 0 Å². The lowest BCUT2D eigenvalue weighted by atomic mass is 10.0. The minimum Gasteiger partial charge on any atom is -0.462 e. The molecule has 17 nitrogen and oxygen atoms in total. The highest BCUT2D eigenvalue weighted by atomic mass is 31.2. The summed E-state index contributed by atoms with van der Waals surface area (Å²) in [5.74, 6) is -1.40. The van der Waals surface area contributed by atoms with Crippen LogP contribution < -0.4 is 0 Å². The van der Waals surface area contributed by atoms with Crippen molar-refractivity contribution < 1.29 is 80.2 Å². The van der Waals surface area contributed by atoms with Crippen LogP contribution in [0.5, 0.6) is 0 Å². The molecule has 0 fully saturated rings. The zero-order valence-electron chi connectivity index (χ0n) is 54.9. The summed E-state index contributed by atoms with van der Waals surface area (Å²) in [4.78, 5) is 72.1. The van der Waals surface area contributed by atoms with Crippen LogP contribution in [0.2, 0.25) is 0 Å². The molecule has 0 amide bonds. The van der Waals surface area contributed by atoms with E-state index in [1.165, 1.54) is 122 Å². The Kier molecular flexibility index (Phi) is 58.4. The van der Waals surface area contributed by atoms with Crippen molar-refractivity contribution in [2.75, 3.05) is 39.6 Å². The number of carbonyl (C=O) groups excluding carboxylic acids is 4. The fourth-order valence-corrected chi connectivity index (χ4v) is 11.2. The van der Waals surface area contributed by atoms with Crippen LogP contribution in [0.1, 0.15) is 317 Å². The smallest absolute Gasteiger partial charge is 0.462 e. The molecule has 0 aromatic heterocycles. The van der Waals surface area contributed by atoms with Crippen molar-refractivity contribution in [3.8, 4) is 0 Å². The molecule has 0 spiro atoms. The Labute approximate surface area is 522 Å². The van der Waals surface area contributed by atoms with Gasteiger partial charge in [-0.3, -0.25) is 37.3 Å². The van der Waals surface area contributed by atoms with Crippen LogP contribution in [0.15, 0.2) is 24.3 Å². The molecule has 0 bridgehead atoms. The van der Waals surface area contributed by atoms with Gasteiger partial charge in [0.2, 0.25) is 0 Å². The Morgan fingerprint density at radius 1 is 0.360 bits per heavy atom. The van der Waals surface area contributed by atoms with Crippen LogP contribution in [0.3, 0.4) is 0 Å². The number of esters is 4. The summed E-state index contributed by atoms with van der Waals surface area (Å²) in [5, 5.41) is 10.5. The van der Waals surface area contributed by atoms with E-state index in [0.29, 0.717) is 25.7 Å². The van der Waals surface area contributed by atoms with E-state index in [-0.39, 0.29) is 25.7 Å². The van der Waals surface area contributed by atoms with Gasteiger partial charge in [0.25, 0.3) is 0 Å².